The fraction of sp³-hybridized carbons (Fsp3) is 0.462. The maximum atomic E-state index is 12.2. The Bertz CT molecular complexity index is 763. The van der Waals surface area contributed by atoms with Crippen LogP contribution in [-0.4, -0.2) is 36.5 Å². The maximum absolute atomic E-state index is 12.2. The Labute approximate surface area is 120 Å². The molecule has 0 aromatic carbocycles. The molecule has 2 amide bonds. The van der Waals surface area contributed by atoms with Crippen molar-refractivity contribution in [2.75, 3.05) is 5.73 Å². The molecule has 8 nitrogen and oxygen atoms in total. The summed E-state index contributed by atoms with van der Waals surface area (Å²) in [6, 6.07) is 0. The molecule has 8 heteroatoms. The summed E-state index contributed by atoms with van der Waals surface area (Å²) in [5, 5.41) is 4.72. The highest BCUT2D eigenvalue weighted by Crippen LogP contribution is 2.32. The summed E-state index contributed by atoms with van der Waals surface area (Å²) in [5.74, 6) is 0.210. The minimum Gasteiger partial charge on any atom is -0.383 e. The minimum absolute atomic E-state index is 0.0341. The maximum Gasteiger partial charge on any atom is 0.235 e. The first-order valence-electron chi connectivity index (χ1n) is 6.58. The molecule has 2 N–H and O–H groups in total. The van der Waals surface area contributed by atoms with Crippen molar-refractivity contribution in [2.24, 2.45) is 12.5 Å². The van der Waals surface area contributed by atoms with Crippen molar-refractivity contribution >= 4 is 28.7 Å². The SMILES string of the molecule is Cn1ncc2c(N)nc(CN3C(=O)CC(C)(C)C3=O)nc21. The van der Waals surface area contributed by atoms with E-state index in [-0.39, 0.29) is 24.8 Å². The molecule has 0 aliphatic carbocycles. The van der Waals surface area contributed by atoms with E-state index in [0.717, 1.165) is 0 Å². The average Bonchev–Trinajstić information content (AvgIpc) is 2.84. The summed E-state index contributed by atoms with van der Waals surface area (Å²) in [6.45, 7) is 3.55. The van der Waals surface area contributed by atoms with Gasteiger partial charge in [-0.25, -0.2) is 9.97 Å². The molecule has 3 heterocycles. The van der Waals surface area contributed by atoms with E-state index >= 15 is 0 Å². The third-order valence-electron chi connectivity index (χ3n) is 3.69. The molecule has 0 unspecified atom stereocenters. The zero-order valence-corrected chi connectivity index (χ0v) is 12.1. The van der Waals surface area contributed by atoms with Crippen LogP contribution >= 0.6 is 0 Å². The number of nitrogens with two attached hydrogens (primary N) is 1. The molecule has 0 bridgehead atoms. The van der Waals surface area contributed by atoms with Gasteiger partial charge in [-0.3, -0.25) is 19.2 Å². The van der Waals surface area contributed by atoms with E-state index in [1.165, 1.54) is 4.90 Å². The Morgan fingerprint density at radius 3 is 2.67 bits per heavy atom. The van der Waals surface area contributed by atoms with Gasteiger partial charge in [-0.05, 0) is 0 Å². The van der Waals surface area contributed by atoms with Gasteiger partial charge in [0.25, 0.3) is 0 Å². The number of hydrogen-bond donors (Lipinski definition) is 1. The standard InChI is InChI=1S/C13H16N6O2/c1-13(2)4-9(20)19(12(13)21)6-8-16-10(14)7-5-15-18(3)11(7)17-8/h5H,4,6H2,1-3H3,(H2,14,16,17). The number of nitrogens with zero attached hydrogens (tertiary/aromatic N) is 5. The molecule has 1 saturated heterocycles. The fourth-order valence-electron chi connectivity index (χ4n) is 2.49. The van der Waals surface area contributed by atoms with E-state index in [2.05, 4.69) is 15.1 Å². The second-order valence-corrected chi connectivity index (χ2v) is 5.88. The molecule has 0 saturated carbocycles. The summed E-state index contributed by atoms with van der Waals surface area (Å²) in [5.41, 5.74) is 5.79. The zero-order valence-electron chi connectivity index (χ0n) is 12.1. The van der Waals surface area contributed by atoms with Gasteiger partial charge in [0.1, 0.15) is 5.82 Å². The van der Waals surface area contributed by atoms with Gasteiger partial charge in [0, 0.05) is 13.5 Å². The van der Waals surface area contributed by atoms with Crippen LogP contribution in [-0.2, 0) is 23.2 Å². The van der Waals surface area contributed by atoms with E-state index in [0.29, 0.717) is 22.7 Å². The normalized spacial score (nSPS) is 18.0. The lowest BCUT2D eigenvalue weighted by molar-refractivity contribution is -0.141. The number of anilines is 1. The van der Waals surface area contributed by atoms with Crippen molar-refractivity contribution in [1.29, 1.82) is 0 Å². The molecule has 1 aliphatic heterocycles. The number of aryl methyl sites for hydroxylation is 1. The molecular formula is C13H16N6O2. The first-order valence-corrected chi connectivity index (χ1v) is 6.58. The minimum atomic E-state index is -0.667. The largest absolute Gasteiger partial charge is 0.383 e. The topological polar surface area (TPSA) is 107 Å². The number of amides is 2. The molecule has 21 heavy (non-hydrogen) atoms. The van der Waals surface area contributed by atoms with Gasteiger partial charge in [-0.2, -0.15) is 5.10 Å². The predicted molar refractivity (Wildman–Crippen MR) is 74.7 cm³/mol. The highest BCUT2D eigenvalue weighted by atomic mass is 16.2. The second-order valence-electron chi connectivity index (χ2n) is 5.88. The molecule has 110 valence electrons. The van der Waals surface area contributed by atoms with Crippen molar-refractivity contribution in [3.05, 3.63) is 12.0 Å². The van der Waals surface area contributed by atoms with Crippen LogP contribution in [0.15, 0.2) is 6.20 Å². The second kappa shape index (κ2) is 4.24. The average molecular weight is 288 g/mol. The zero-order chi connectivity index (χ0) is 15.4. The molecule has 2 aromatic heterocycles. The van der Waals surface area contributed by atoms with Crippen LogP contribution < -0.4 is 5.73 Å². The lowest BCUT2D eigenvalue weighted by atomic mass is 9.92. The predicted octanol–water partition coefficient (Wildman–Crippen LogP) is 0.231. The van der Waals surface area contributed by atoms with Crippen LogP contribution in [0.5, 0.6) is 0 Å². The Morgan fingerprint density at radius 2 is 2.05 bits per heavy atom. The number of carbonyl (C=O) groups is 2. The van der Waals surface area contributed by atoms with Gasteiger partial charge in [0.15, 0.2) is 11.5 Å². The summed E-state index contributed by atoms with van der Waals surface area (Å²) >= 11 is 0. The summed E-state index contributed by atoms with van der Waals surface area (Å²) in [4.78, 5) is 33.9. The molecule has 1 fully saturated rings. The summed E-state index contributed by atoms with van der Waals surface area (Å²) in [6.07, 6.45) is 1.79. The van der Waals surface area contributed by atoms with Crippen molar-refractivity contribution in [3.8, 4) is 0 Å². The smallest absolute Gasteiger partial charge is 0.235 e. The summed E-state index contributed by atoms with van der Waals surface area (Å²) < 4.78 is 1.58. The number of hydrogen-bond acceptors (Lipinski definition) is 6. The lowest BCUT2D eigenvalue weighted by Crippen LogP contribution is -2.33. The molecule has 0 spiro atoms. The Balaban J connectivity index is 1.97. The van der Waals surface area contributed by atoms with Crippen molar-refractivity contribution in [1.82, 2.24) is 24.6 Å². The number of carbonyl (C=O) groups excluding carboxylic acids is 2. The van der Waals surface area contributed by atoms with Gasteiger partial charge in [0.05, 0.1) is 23.5 Å². The first kappa shape index (κ1) is 13.5. The van der Waals surface area contributed by atoms with E-state index in [1.54, 1.807) is 31.8 Å². The molecule has 0 atom stereocenters. The molecule has 2 aromatic rings. The van der Waals surface area contributed by atoms with Gasteiger partial charge in [-0.15, -0.1) is 0 Å². The van der Waals surface area contributed by atoms with Crippen LogP contribution in [0.4, 0.5) is 5.82 Å². The molecule has 0 radical (unpaired) electrons. The Hall–Kier alpha value is -2.51. The highest BCUT2D eigenvalue weighted by molar-refractivity contribution is 6.05. The Morgan fingerprint density at radius 1 is 1.33 bits per heavy atom. The van der Waals surface area contributed by atoms with Crippen LogP contribution in [0.25, 0.3) is 11.0 Å². The fourth-order valence-corrected chi connectivity index (χ4v) is 2.49. The first-order chi connectivity index (χ1) is 9.79. The number of aromatic nitrogens is 4. The van der Waals surface area contributed by atoms with E-state index < -0.39 is 5.41 Å². The van der Waals surface area contributed by atoms with Gasteiger partial charge in [-0.1, -0.05) is 13.8 Å². The number of nitrogen functional groups attached to an aromatic ring is 1. The highest BCUT2D eigenvalue weighted by Gasteiger charge is 2.44. The summed E-state index contributed by atoms with van der Waals surface area (Å²) in [7, 11) is 1.74. The number of imide groups is 1. The molecule has 1 aliphatic rings. The number of rotatable bonds is 2. The van der Waals surface area contributed by atoms with Crippen molar-refractivity contribution in [2.45, 2.75) is 26.8 Å². The monoisotopic (exact) mass is 288 g/mol. The van der Waals surface area contributed by atoms with E-state index in [4.69, 9.17) is 5.73 Å². The van der Waals surface area contributed by atoms with Gasteiger partial charge in [0.2, 0.25) is 11.8 Å². The molecular weight excluding hydrogens is 272 g/mol. The van der Waals surface area contributed by atoms with Gasteiger partial charge >= 0.3 is 0 Å². The van der Waals surface area contributed by atoms with Crippen molar-refractivity contribution in [3.63, 3.8) is 0 Å². The van der Waals surface area contributed by atoms with Crippen molar-refractivity contribution < 1.29 is 9.59 Å². The van der Waals surface area contributed by atoms with Gasteiger partial charge < -0.3 is 5.73 Å². The van der Waals surface area contributed by atoms with Crippen LogP contribution in [0, 0.1) is 5.41 Å². The quantitative estimate of drug-likeness (QED) is 0.793. The number of fused-ring (bicyclic) bond motifs is 1. The third-order valence-corrected chi connectivity index (χ3v) is 3.69. The van der Waals surface area contributed by atoms with Crippen LogP contribution in [0.1, 0.15) is 26.1 Å². The number of likely N-dealkylation sites (tertiary alicyclic amines) is 1. The Kier molecular flexibility index (Phi) is 2.72. The van der Waals surface area contributed by atoms with E-state index in [1.807, 2.05) is 0 Å². The lowest BCUT2D eigenvalue weighted by Gasteiger charge is -2.17. The third kappa shape index (κ3) is 2.03. The van der Waals surface area contributed by atoms with Crippen LogP contribution in [0.2, 0.25) is 0 Å². The van der Waals surface area contributed by atoms with E-state index in [9.17, 15) is 9.59 Å². The molecule has 3 rings (SSSR count). The van der Waals surface area contributed by atoms with Crippen LogP contribution in [0.3, 0.4) is 0 Å².